The van der Waals surface area contributed by atoms with Gasteiger partial charge in [-0.3, -0.25) is 0 Å². The minimum Gasteiger partial charge on any atom is -0.311 e. The van der Waals surface area contributed by atoms with Gasteiger partial charge in [0.15, 0.2) is 0 Å². The van der Waals surface area contributed by atoms with Crippen molar-refractivity contribution in [3.05, 3.63) is 0 Å². The second-order valence-corrected chi connectivity index (χ2v) is 4.88. The minimum atomic E-state index is 0.851. The zero-order valence-electron chi connectivity index (χ0n) is 8.89. The summed E-state index contributed by atoms with van der Waals surface area (Å²) in [6.07, 6.45) is 11.6. The highest BCUT2D eigenvalue weighted by molar-refractivity contribution is 4.88. The molecule has 0 amide bonds. The highest BCUT2D eigenvalue weighted by atomic mass is 15.0. The van der Waals surface area contributed by atoms with Crippen LogP contribution in [0.5, 0.6) is 0 Å². The number of piperidine rings is 1. The zero-order valence-corrected chi connectivity index (χ0v) is 8.89. The fourth-order valence-corrected chi connectivity index (χ4v) is 3.15. The molecule has 1 aliphatic heterocycles. The summed E-state index contributed by atoms with van der Waals surface area (Å²) in [6, 6.07) is 1.74. The van der Waals surface area contributed by atoms with Crippen LogP contribution in [-0.4, -0.2) is 12.1 Å². The standard InChI is InChI=1S/C12H23N/c1-2-5-11-9-8-10-6-3-4-7-12(10)13-11/h10-13H,2-9H2,1H3. The Morgan fingerprint density at radius 2 is 1.92 bits per heavy atom. The van der Waals surface area contributed by atoms with E-state index >= 15 is 0 Å². The van der Waals surface area contributed by atoms with Crippen molar-refractivity contribution in [1.29, 1.82) is 0 Å². The van der Waals surface area contributed by atoms with Crippen LogP contribution in [0.1, 0.15) is 58.3 Å². The van der Waals surface area contributed by atoms with E-state index < -0.39 is 0 Å². The van der Waals surface area contributed by atoms with Gasteiger partial charge in [-0.2, -0.15) is 0 Å². The molecule has 2 aliphatic rings. The van der Waals surface area contributed by atoms with Gasteiger partial charge in [0.2, 0.25) is 0 Å². The Morgan fingerprint density at radius 3 is 2.77 bits per heavy atom. The van der Waals surface area contributed by atoms with Gasteiger partial charge in [-0.25, -0.2) is 0 Å². The third-order valence-corrected chi connectivity index (χ3v) is 3.88. The van der Waals surface area contributed by atoms with Gasteiger partial charge in [0.1, 0.15) is 0 Å². The van der Waals surface area contributed by atoms with Crippen LogP contribution in [0.3, 0.4) is 0 Å². The topological polar surface area (TPSA) is 12.0 Å². The van der Waals surface area contributed by atoms with E-state index in [2.05, 4.69) is 12.2 Å². The first-order valence-corrected chi connectivity index (χ1v) is 6.16. The minimum absolute atomic E-state index is 0.851. The summed E-state index contributed by atoms with van der Waals surface area (Å²) in [5, 5.41) is 3.86. The summed E-state index contributed by atoms with van der Waals surface area (Å²) in [5.41, 5.74) is 0. The fraction of sp³-hybridized carbons (Fsp3) is 1.00. The summed E-state index contributed by atoms with van der Waals surface area (Å²) in [5.74, 6) is 1.03. The molecule has 0 aromatic carbocycles. The Balaban J connectivity index is 1.84. The Hall–Kier alpha value is -0.0400. The van der Waals surface area contributed by atoms with Gasteiger partial charge in [0.25, 0.3) is 0 Å². The molecule has 1 heteroatoms. The van der Waals surface area contributed by atoms with E-state index in [0.717, 1.165) is 18.0 Å². The Morgan fingerprint density at radius 1 is 1.08 bits per heavy atom. The SMILES string of the molecule is CCCC1CCC2CCCCC2N1. The molecule has 3 atom stereocenters. The van der Waals surface area contributed by atoms with Gasteiger partial charge in [-0.15, -0.1) is 0 Å². The molecule has 1 saturated heterocycles. The lowest BCUT2D eigenvalue weighted by atomic mass is 9.77. The number of rotatable bonds is 2. The summed E-state index contributed by atoms with van der Waals surface area (Å²) in [4.78, 5) is 0. The van der Waals surface area contributed by atoms with E-state index in [1.54, 1.807) is 0 Å². The second kappa shape index (κ2) is 4.45. The lowest BCUT2D eigenvalue weighted by Gasteiger charge is -2.40. The highest BCUT2D eigenvalue weighted by Crippen LogP contribution is 2.32. The van der Waals surface area contributed by atoms with Crippen LogP contribution in [0.25, 0.3) is 0 Å². The van der Waals surface area contributed by atoms with Crippen LogP contribution in [0.15, 0.2) is 0 Å². The fourth-order valence-electron chi connectivity index (χ4n) is 3.15. The monoisotopic (exact) mass is 181 g/mol. The molecule has 1 heterocycles. The van der Waals surface area contributed by atoms with Gasteiger partial charge in [0, 0.05) is 12.1 Å². The van der Waals surface area contributed by atoms with Crippen molar-refractivity contribution in [1.82, 2.24) is 5.32 Å². The smallest absolute Gasteiger partial charge is 0.00979 e. The predicted octanol–water partition coefficient (Wildman–Crippen LogP) is 3.10. The van der Waals surface area contributed by atoms with Crippen LogP contribution >= 0.6 is 0 Å². The van der Waals surface area contributed by atoms with Crippen LogP contribution in [0.4, 0.5) is 0 Å². The first-order valence-electron chi connectivity index (χ1n) is 6.16. The molecule has 1 aliphatic carbocycles. The van der Waals surface area contributed by atoms with E-state index in [1.165, 1.54) is 51.4 Å². The quantitative estimate of drug-likeness (QED) is 0.690. The molecule has 2 rings (SSSR count). The molecule has 3 unspecified atom stereocenters. The lowest BCUT2D eigenvalue weighted by molar-refractivity contribution is 0.171. The molecule has 13 heavy (non-hydrogen) atoms. The Kier molecular flexibility index (Phi) is 3.26. The first-order chi connectivity index (χ1) is 6.40. The molecule has 0 spiro atoms. The Labute approximate surface area is 82.3 Å². The van der Waals surface area contributed by atoms with Crippen molar-refractivity contribution in [2.24, 2.45) is 5.92 Å². The van der Waals surface area contributed by atoms with Crippen LogP contribution in [-0.2, 0) is 0 Å². The van der Waals surface area contributed by atoms with Crippen LogP contribution in [0, 0.1) is 5.92 Å². The second-order valence-electron chi connectivity index (χ2n) is 4.88. The maximum atomic E-state index is 3.86. The van der Waals surface area contributed by atoms with E-state index in [9.17, 15) is 0 Å². The molecule has 1 saturated carbocycles. The van der Waals surface area contributed by atoms with E-state index in [1.807, 2.05) is 0 Å². The molecule has 1 N–H and O–H groups in total. The highest BCUT2D eigenvalue weighted by Gasteiger charge is 2.30. The maximum Gasteiger partial charge on any atom is 0.00979 e. The van der Waals surface area contributed by atoms with Gasteiger partial charge in [-0.1, -0.05) is 26.2 Å². The van der Waals surface area contributed by atoms with Crippen molar-refractivity contribution < 1.29 is 0 Å². The number of nitrogens with one attached hydrogen (secondary N) is 1. The van der Waals surface area contributed by atoms with Gasteiger partial charge in [-0.05, 0) is 38.0 Å². The average Bonchev–Trinajstić information content (AvgIpc) is 2.18. The van der Waals surface area contributed by atoms with E-state index in [0.29, 0.717) is 0 Å². The summed E-state index contributed by atoms with van der Waals surface area (Å²) in [6.45, 7) is 2.30. The average molecular weight is 181 g/mol. The number of fused-ring (bicyclic) bond motifs is 1. The molecule has 0 radical (unpaired) electrons. The number of hydrogen-bond donors (Lipinski definition) is 1. The van der Waals surface area contributed by atoms with Crippen molar-refractivity contribution in [2.75, 3.05) is 0 Å². The molecule has 0 bridgehead atoms. The first kappa shape index (κ1) is 9.51. The van der Waals surface area contributed by atoms with Gasteiger partial charge >= 0.3 is 0 Å². The van der Waals surface area contributed by atoms with Crippen molar-refractivity contribution in [3.8, 4) is 0 Å². The van der Waals surface area contributed by atoms with Crippen molar-refractivity contribution in [2.45, 2.75) is 70.4 Å². The Bertz CT molecular complexity index is 155. The molecular weight excluding hydrogens is 158 g/mol. The summed E-state index contributed by atoms with van der Waals surface area (Å²) >= 11 is 0. The van der Waals surface area contributed by atoms with Crippen LogP contribution < -0.4 is 5.32 Å². The molecule has 2 fully saturated rings. The van der Waals surface area contributed by atoms with Gasteiger partial charge in [0.05, 0.1) is 0 Å². The maximum absolute atomic E-state index is 3.86. The summed E-state index contributed by atoms with van der Waals surface area (Å²) < 4.78 is 0. The molecule has 0 aromatic heterocycles. The van der Waals surface area contributed by atoms with E-state index in [4.69, 9.17) is 0 Å². The van der Waals surface area contributed by atoms with E-state index in [-0.39, 0.29) is 0 Å². The molecule has 76 valence electrons. The van der Waals surface area contributed by atoms with Crippen molar-refractivity contribution >= 4 is 0 Å². The molecule has 1 nitrogen and oxygen atoms in total. The largest absolute Gasteiger partial charge is 0.311 e. The third kappa shape index (κ3) is 2.25. The zero-order chi connectivity index (χ0) is 9.10. The normalized spacial score (nSPS) is 39.9. The van der Waals surface area contributed by atoms with Gasteiger partial charge < -0.3 is 5.32 Å². The molecular formula is C12H23N. The lowest BCUT2D eigenvalue weighted by Crippen LogP contribution is -2.48. The van der Waals surface area contributed by atoms with Crippen molar-refractivity contribution in [3.63, 3.8) is 0 Å². The third-order valence-electron chi connectivity index (χ3n) is 3.88. The number of hydrogen-bond acceptors (Lipinski definition) is 1. The predicted molar refractivity (Wildman–Crippen MR) is 56.8 cm³/mol. The molecule has 0 aromatic rings. The summed E-state index contributed by atoms with van der Waals surface area (Å²) in [7, 11) is 0. The van der Waals surface area contributed by atoms with Crippen LogP contribution in [0.2, 0.25) is 0 Å².